The number of carbonyl (C=O) groups is 3. The molecule has 2 saturated heterocycles. The van der Waals surface area contributed by atoms with Crippen molar-refractivity contribution >= 4 is 17.9 Å². The van der Waals surface area contributed by atoms with Crippen molar-refractivity contribution in [3.8, 4) is 0 Å². The highest BCUT2D eigenvalue weighted by molar-refractivity contribution is 5.90. The van der Waals surface area contributed by atoms with Gasteiger partial charge in [0.25, 0.3) is 0 Å². The molecule has 20 heavy (non-hydrogen) atoms. The lowest BCUT2D eigenvalue weighted by molar-refractivity contribution is -0.144. The van der Waals surface area contributed by atoms with E-state index in [4.69, 9.17) is 0 Å². The normalized spacial score (nSPS) is 27.8. The smallest absolute Gasteiger partial charge is 0.328 e. The average molecular weight is 283 g/mol. The fourth-order valence-electron chi connectivity index (χ4n) is 2.79. The topological polar surface area (TPSA) is 90.0 Å². The summed E-state index contributed by atoms with van der Waals surface area (Å²) in [6, 6.07) is -1.22. The van der Waals surface area contributed by atoms with Gasteiger partial charge in [-0.05, 0) is 19.8 Å². The number of carboxylic acids is 1. The summed E-state index contributed by atoms with van der Waals surface area (Å²) in [5.41, 5.74) is 0. The summed E-state index contributed by atoms with van der Waals surface area (Å²) >= 11 is 0. The lowest BCUT2D eigenvalue weighted by Gasteiger charge is -2.38. The van der Waals surface area contributed by atoms with Gasteiger partial charge in [-0.15, -0.1) is 0 Å². The Morgan fingerprint density at radius 3 is 2.70 bits per heavy atom. The van der Waals surface area contributed by atoms with E-state index in [0.29, 0.717) is 6.54 Å². The first-order valence-electron chi connectivity index (χ1n) is 7.07. The van der Waals surface area contributed by atoms with Crippen LogP contribution in [0.5, 0.6) is 0 Å². The van der Waals surface area contributed by atoms with Crippen molar-refractivity contribution in [1.29, 1.82) is 0 Å². The first-order chi connectivity index (χ1) is 9.50. The van der Waals surface area contributed by atoms with Crippen LogP contribution in [-0.4, -0.2) is 64.5 Å². The Balaban J connectivity index is 2.15. The number of nitrogens with zero attached hydrogens (tertiary/aromatic N) is 2. The molecule has 0 spiro atoms. The summed E-state index contributed by atoms with van der Waals surface area (Å²) in [6.07, 6.45) is 4.00. The van der Waals surface area contributed by atoms with Crippen LogP contribution >= 0.6 is 0 Å². The lowest BCUT2D eigenvalue weighted by Crippen LogP contribution is -2.62. The van der Waals surface area contributed by atoms with Crippen molar-refractivity contribution in [2.75, 3.05) is 19.6 Å². The molecule has 0 aliphatic carbocycles. The highest BCUT2D eigenvalue weighted by Crippen LogP contribution is 2.19. The fourth-order valence-corrected chi connectivity index (χ4v) is 2.79. The summed E-state index contributed by atoms with van der Waals surface area (Å²) in [7, 11) is 0. The van der Waals surface area contributed by atoms with Gasteiger partial charge in [0.1, 0.15) is 12.6 Å². The van der Waals surface area contributed by atoms with Gasteiger partial charge in [-0.1, -0.05) is 12.8 Å². The number of aliphatic carboxylic acids is 1. The van der Waals surface area contributed by atoms with E-state index >= 15 is 0 Å². The van der Waals surface area contributed by atoms with Crippen LogP contribution in [0, 0.1) is 0 Å². The van der Waals surface area contributed by atoms with E-state index in [-0.39, 0.29) is 31.1 Å². The number of carboxylic acid groups (broad SMARTS) is 1. The molecular formula is C13H21N3O4. The Morgan fingerprint density at radius 1 is 1.25 bits per heavy atom. The summed E-state index contributed by atoms with van der Waals surface area (Å²) in [6.45, 7) is 2.40. The Kier molecular flexibility index (Phi) is 4.46. The van der Waals surface area contributed by atoms with Gasteiger partial charge in [-0.2, -0.15) is 0 Å². The molecule has 0 saturated carbocycles. The minimum Gasteiger partial charge on any atom is -0.480 e. The quantitative estimate of drug-likeness (QED) is 0.722. The van der Waals surface area contributed by atoms with Crippen LogP contribution in [0.15, 0.2) is 0 Å². The lowest BCUT2D eigenvalue weighted by atomic mass is 10.1. The van der Waals surface area contributed by atoms with Crippen LogP contribution in [0.4, 0.5) is 4.79 Å². The van der Waals surface area contributed by atoms with E-state index in [1.165, 1.54) is 4.90 Å². The van der Waals surface area contributed by atoms with Gasteiger partial charge in [0.2, 0.25) is 5.91 Å². The average Bonchev–Trinajstić information content (AvgIpc) is 2.62. The summed E-state index contributed by atoms with van der Waals surface area (Å²) in [4.78, 5) is 38.2. The van der Waals surface area contributed by atoms with Crippen molar-refractivity contribution in [1.82, 2.24) is 15.1 Å². The molecule has 3 amide bonds. The number of rotatable bonds is 1. The minimum absolute atomic E-state index is 0.0257. The molecule has 2 rings (SSSR count). The Morgan fingerprint density at radius 2 is 2.00 bits per heavy atom. The number of likely N-dealkylation sites (tertiary alicyclic amines) is 1. The summed E-state index contributed by atoms with van der Waals surface area (Å²) in [5, 5.41) is 11.7. The Labute approximate surface area is 117 Å². The second-order valence-electron chi connectivity index (χ2n) is 5.46. The molecule has 0 radical (unpaired) electrons. The third kappa shape index (κ3) is 3.02. The second kappa shape index (κ2) is 6.11. The minimum atomic E-state index is -1.08. The van der Waals surface area contributed by atoms with E-state index in [9.17, 15) is 19.5 Å². The largest absolute Gasteiger partial charge is 0.480 e. The molecule has 2 unspecified atom stereocenters. The van der Waals surface area contributed by atoms with Gasteiger partial charge in [0, 0.05) is 19.1 Å². The number of carbonyl (C=O) groups excluding carboxylic acids is 2. The van der Waals surface area contributed by atoms with Gasteiger partial charge in [0.05, 0.1) is 0 Å². The molecule has 0 aromatic rings. The molecule has 112 valence electrons. The number of amides is 3. The molecule has 7 heteroatoms. The predicted molar refractivity (Wildman–Crippen MR) is 71.2 cm³/mol. The van der Waals surface area contributed by atoms with E-state index in [0.717, 1.165) is 25.7 Å². The van der Waals surface area contributed by atoms with Crippen LogP contribution in [0.25, 0.3) is 0 Å². The van der Waals surface area contributed by atoms with Crippen LogP contribution < -0.4 is 5.32 Å². The zero-order valence-corrected chi connectivity index (χ0v) is 11.7. The van der Waals surface area contributed by atoms with Crippen molar-refractivity contribution in [2.24, 2.45) is 0 Å². The molecule has 0 aromatic heterocycles. The van der Waals surface area contributed by atoms with Gasteiger partial charge in [-0.25, -0.2) is 9.59 Å². The number of nitrogens with one attached hydrogen (secondary N) is 1. The molecule has 2 N–H and O–H groups in total. The van der Waals surface area contributed by atoms with E-state index < -0.39 is 12.0 Å². The van der Waals surface area contributed by atoms with Gasteiger partial charge >= 0.3 is 12.0 Å². The van der Waals surface area contributed by atoms with E-state index in [2.05, 4.69) is 5.32 Å². The first-order valence-corrected chi connectivity index (χ1v) is 7.07. The third-order valence-corrected chi connectivity index (χ3v) is 4.01. The molecular weight excluding hydrogens is 262 g/mol. The van der Waals surface area contributed by atoms with Crippen LogP contribution in [0.1, 0.15) is 32.6 Å². The highest BCUT2D eigenvalue weighted by Gasteiger charge is 2.38. The fraction of sp³-hybridized carbons (Fsp3) is 0.769. The van der Waals surface area contributed by atoms with Gasteiger partial charge in [0.15, 0.2) is 0 Å². The molecule has 2 aliphatic rings. The molecule has 2 heterocycles. The van der Waals surface area contributed by atoms with Crippen molar-refractivity contribution < 1.29 is 19.5 Å². The van der Waals surface area contributed by atoms with Crippen molar-refractivity contribution in [2.45, 2.75) is 44.7 Å². The van der Waals surface area contributed by atoms with Crippen LogP contribution in [-0.2, 0) is 9.59 Å². The summed E-state index contributed by atoms with van der Waals surface area (Å²) < 4.78 is 0. The zero-order chi connectivity index (χ0) is 14.7. The Bertz CT molecular complexity index is 412. The predicted octanol–water partition coefficient (Wildman–Crippen LogP) is 0.256. The number of urea groups is 1. The maximum atomic E-state index is 12.6. The SMILES string of the molecule is CC1CCCCCN1C(=O)N1CC(=O)NCC1C(=O)O. The third-order valence-electron chi connectivity index (χ3n) is 4.01. The highest BCUT2D eigenvalue weighted by atomic mass is 16.4. The maximum absolute atomic E-state index is 12.6. The monoisotopic (exact) mass is 283 g/mol. The molecule has 2 aliphatic heterocycles. The zero-order valence-electron chi connectivity index (χ0n) is 11.7. The number of hydrogen-bond acceptors (Lipinski definition) is 3. The van der Waals surface area contributed by atoms with E-state index in [1.54, 1.807) is 4.90 Å². The maximum Gasteiger partial charge on any atom is 0.328 e. The molecule has 7 nitrogen and oxygen atoms in total. The number of hydrogen-bond donors (Lipinski definition) is 2. The van der Waals surface area contributed by atoms with Crippen molar-refractivity contribution in [3.63, 3.8) is 0 Å². The molecule has 2 atom stereocenters. The van der Waals surface area contributed by atoms with Crippen LogP contribution in [0.3, 0.4) is 0 Å². The molecule has 0 bridgehead atoms. The second-order valence-corrected chi connectivity index (χ2v) is 5.46. The Hall–Kier alpha value is -1.79. The summed E-state index contributed by atoms with van der Waals surface area (Å²) in [5.74, 6) is -1.39. The molecule has 2 fully saturated rings. The van der Waals surface area contributed by atoms with Crippen LogP contribution in [0.2, 0.25) is 0 Å². The first kappa shape index (κ1) is 14.6. The van der Waals surface area contributed by atoms with Crippen molar-refractivity contribution in [3.05, 3.63) is 0 Å². The van der Waals surface area contributed by atoms with E-state index in [1.807, 2.05) is 6.92 Å². The molecule has 0 aromatic carbocycles. The number of piperazine rings is 1. The van der Waals surface area contributed by atoms with Gasteiger partial charge in [-0.3, -0.25) is 9.69 Å². The van der Waals surface area contributed by atoms with Gasteiger partial charge < -0.3 is 15.3 Å². The standard InChI is InChI=1S/C13H21N3O4/c1-9-5-3-2-4-6-15(9)13(20)16-8-11(17)14-7-10(16)12(18)19/h9-10H,2-8H2,1H3,(H,14,17)(H,18,19).